The topological polar surface area (TPSA) is 17.8 Å². The number of rotatable bonds is 17. The fraction of sp³-hybridized carbons (Fsp3) is 0.864. The number of halogens is 1. The average molecular weight is 416 g/mol. The van der Waals surface area contributed by atoms with Crippen molar-refractivity contribution < 1.29 is 0 Å². The number of unbranched alkanes of at least 4 members (excludes halogenated alkanes) is 14. The Kier molecular flexibility index (Phi) is 18.3. The van der Waals surface area contributed by atoms with Crippen LogP contribution < -0.4 is 0 Å². The molecule has 1 rings (SSSR count). The van der Waals surface area contributed by atoms with E-state index < -0.39 is 0 Å². The van der Waals surface area contributed by atoms with Crippen LogP contribution in [0.2, 0.25) is 0 Å². The predicted octanol–water partition coefficient (Wildman–Crippen LogP) is 8.28. The Labute approximate surface area is 168 Å². The van der Waals surface area contributed by atoms with Crippen molar-refractivity contribution in [2.24, 2.45) is 0 Å². The number of nitrogens with zero attached hydrogens (tertiary/aromatic N) is 2. The lowest BCUT2D eigenvalue weighted by Crippen LogP contribution is -2.01. The molecular formula is C22H43BrN2. The Bertz CT molecular complexity index is 351. The maximum Gasteiger partial charge on any atom is 0.0948 e. The number of hydrogen-bond acceptors (Lipinski definition) is 1. The van der Waals surface area contributed by atoms with Crippen molar-refractivity contribution in [3.8, 4) is 0 Å². The van der Waals surface area contributed by atoms with Crippen LogP contribution >= 0.6 is 17.0 Å². The van der Waals surface area contributed by atoms with Gasteiger partial charge in [-0.2, -0.15) is 0 Å². The van der Waals surface area contributed by atoms with E-state index in [1.54, 1.807) is 0 Å². The lowest BCUT2D eigenvalue weighted by Gasteiger charge is -2.12. The molecule has 0 amide bonds. The zero-order valence-corrected chi connectivity index (χ0v) is 18.6. The third-order valence-electron chi connectivity index (χ3n) is 5.26. The van der Waals surface area contributed by atoms with Crippen LogP contribution in [-0.4, -0.2) is 9.55 Å². The molecule has 1 aromatic rings. The molecule has 0 spiro atoms. The van der Waals surface area contributed by atoms with Crippen molar-refractivity contribution in [3.63, 3.8) is 0 Å². The van der Waals surface area contributed by atoms with Gasteiger partial charge in [-0.1, -0.05) is 103 Å². The highest BCUT2D eigenvalue weighted by Gasteiger charge is 2.02. The second kappa shape index (κ2) is 18.5. The van der Waals surface area contributed by atoms with Gasteiger partial charge >= 0.3 is 0 Å². The first-order valence-corrected chi connectivity index (χ1v) is 10.8. The van der Waals surface area contributed by atoms with Crippen LogP contribution in [-0.2, 0) is 0 Å². The lowest BCUT2D eigenvalue weighted by molar-refractivity contribution is 0.464. The first-order chi connectivity index (χ1) is 11.8. The third kappa shape index (κ3) is 14.5. The zero-order chi connectivity index (χ0) is 17.3. The van der Waals surface area contributed by atoms with E-state index in [0.29, 0.717) is 6.04 Å². The molecule has 2 nitrogen and oxygen atoms in total. The molecule has 1 aromatic heterocycles. The quantitative estimate of drug-likeness (QED) is 0.234. The number of imidazole rings is 1. The van der Waals surface area contributed by atoms with Crippen molar-refractivity contribution in [1.29, 1.82) is 0 Å². The second-order valence-electron chi connectivity index (χ2n) is 7.60. The highest BCUT2D eigenvalue weighted by atomic mass is 79.9. The second-order valence-corrected chi connectivity index (χ2v) is 7.60. The summed E-state index contributed by atoms with van der Waals surface area (Å²) in [6, 6.07) is 0.606. The lowest BCUT2D eigenvalue weighted by atomic mass is 10.0. The van der Waals surface area contributed by atoms with Crippen molar-refractivity contribution in [2.75, 3.05) is 0 Å². The van der Waals surface area contributed by atoms with Gasteiger partial charge in [0.25, 0.3) is 0 Å². The summed E-state index contributed by atoms with van der Waals surface area (Å²) in [6.07, 6.45) is 28.8. The minimum Gasteiger partial charge on any atom is -0.335 e. The van der Waals surface area contributed by atoms with E-state index in [4.69, 9.17) is 0 Å². The molecule has 1 atom stereocenters. The zero-order valence-electron chi connectivity index (χ0n) is 16.9. The molecule has 0 aromatic carbocycles. The molecule has 0 aliphatic rings. The van der Waals surface area contributed by atoms with Crippen LogP contribution in [0.5, 0.6) is 0 Å². The van der Waals surface area contributed by atoms with Gasteiger partial charge in [0.1, 0.15) is 0 Å². The first-order valence-electron chi connectivity index (χ1n) is 10.8. The van der Waals surface area contributed by atoms with Gasteiger partial charge in [0.15, 0.2) is 0 Å². The molecule has 0 saturated carbocycles. The minimum atomic E-state index is 0. The molecule has 3 heteroatoms. The van der Waals surface area contributed by atoms with E-state index in [9.17, 15) is 0 Å². The van der Waals surface area contributed by atoms with Crippen molar-refractivity contribution in [1.82, 2.24) is 9.55 Å². The Morgan fingerprint density at radius 1 is 0.720 bits per heavy atom. The summed E-state index contributed by atoms with van der Waals surface area (Å²) in [5.74, 6) is 0. The Morgan fingerprint density at radius 2 is 1.16 bits per heavy atom. The minimum absolute atomic E-state index is 0. The van der Waals surface area contributed by atoms with E-state index in [2.05, 4.69) is 29.6 Å². The van der Waals surface area contributed by atoms with Crippen molar-refractivity contribution in [3.05, 3.63) is 18.7 Å². The van der Waals surface area contributed by atoms with Crippen LogP contribution in [0, 0.1) is 0 Å². The molecule has 0 aliphatic heterocycles. The molecule has 25 heavy (non-hydrogen) atoms. The van der Waals surface area contributed by atoms with Crippen LogP contribution in [0.15, 0.2) is 18.7 Å². The largest absolute Gasteiger partial charge is 0.335 e. The average Bonchev–Trinajstić information content (AvgIpc) is 3.13. The Balaban J connectivity index is 0.00000576. The van der Waals surface area contributed by atoms with Gasteiger partial charge in [0, 0.05) is 18.4 Å². The molecule has 0 saturated heterocycles. The fourth-order valence-electron chi connectivity index (χ4n) is 3.49. The maximum atomic E-state index is 4.13. The molecule has 0 bridgehead atoms. The SMILES string of the molecule is Br.CCCCCCCCCCCCCCCCCC(C)n1ccnc1. The van der Waals surface area contributed by atoms with Crippen LogP contribution in [0.4, 0.5) is 0 Å². The predicted molar refractivity (Wildman–Crippen MR) is 117 cm³/mol. The summed E-state index contributed by atoms with van der Waals surface area (Å²) >= 11 is 0. The van der Waals surface area contributed by atoms with E-state index in [1.807, 2.05) is 12.5 Å². The van der Waals surface area contributed by atoms with Crippen LogP contribution in [0.25, 0.3) is 0 Å². The molecule has 1 heterocycles. The van der Waals surface area contributed by atoms with Gasteiger partial charge in [0.2, 0.25) is 0 Å². The molecular weight excluding hydrogens is 372 g/mol. The fourth-order valence-corrected chi connectivity index (χ4v) is 3.49. The summed E-state index contributed by atoms with van der Waals surface area (Å²) in [6.45, 7) is 4.59. The summed E-state index contributed by atoms with van der Waals surface area (Å²) in [5, 5.41) is 0. The van der Waals surface area contributed by atoms with E-state index in [1.165, 1.54) is 103 Å². The molecule has 0 N–H and O–H groups in total. The van der Waals surface area contributed by atoms with Crippen molar-refractivity contribution >= 4 is 17.0 Å². The van der Waals surface area contributed by atoms with Gasteiger partial charge < -0.3 is 4.57 Å². The van der Waals surface area contributed by atoms with Crippen molar-refractivity contribution in [2.45, 2.75) is 123 Å². The highest BCUT2D eigenvalue weighted by molar-refractivity contribution is 8.93. The molecule has 1 unspecified atom stereocenters. The van der Waals surface area contributed by atoms with Gasteiger partial charge in [0.05, 0.1) is 6.33 Å². The smallest absolute Gasteiger partial charge is 0.0948 e. The normalized spacial score (nSPS) is 12.1. The summed E-state index contributed by atoms with van der Waals surface area (Å²) < 4.78 is 2.23. The molecule has 148 valence electrons. The van der Waals surface area contributed by atoms with Crippen LogP contribution in [0.3, 0.4) is 0 Å². The van der Waals surface area contributed by atoms with Gasteiger partial charge in [-0.15, -0.1) is 17.0 Å². The Hall–Kier alpha value is -0.310. The number of aromatic nitrogens is 2. The van der Waals surface area contributed by atoms with E-state index >= 15 is 0 Å². The monoisotopic (exact) mass is 414 g/mol. The molecule has 0 radical (unpaired) electrons. The standard InChI is InChI=1S/C22H42N2.BrH/c1-3-4-5-6-7-8-9-10-11-12-13-14-15-16-17-18-22(2)24-20-19-23-21-24;/h19-22H,3-18H2,1-2H3;1H. The number of hydrogen-bond donors (Lipinski definition) is 0. The first kappa shape index (κ1) is 24.7. The van der Waals surface area contributed by atoms with Gasteiger partial charge in [-0.3, -0.25) is 0 Å². The van der Waals surface area contributed by atoms with Gasteiger partial charge in [-0.25, -0.2) is 4.98 Å². The highest BCUT2D eigenvalue weighted by Crippen LogP contribution is 2.17. The summed E-state index contributed by atoms with van der Waals surface area (Å²) in [5.41, 5.74) is 0. The Morgan fingerprint density at radius 3 is 1.56 bits per heavy atom. The van der Waals surface area contributed by atoms with E-state index in [-0.39, 0.29) is 17.0 Å². The van der Waals surface area contributed by atoms with Crippen LogP contribution in [0.1, 0.15) is 123 Å². The molecule has 0 aliphatic carbocycles. The maximum absolute atomic E-state index is 4.13. The summed E-state index contributed by atoms with van der Waals surface area (Å²) in [4.78, 5) is 4.13. The van der Waals surface area contributed by atoms with E-state index in [0.717, 1.165) is 0 Å². The van der Waals surface area contributed by atoms with Gasteiger partial charge in [-0.05, 0) is 13.3 Å². The third-order valence-corrected chi connectivity index (χ3v) is 5.26. The molecule has 0 fully saturated rings. The summed E-state index contributed by atoms with van der Waals surface area (Å²) in [7, 11) is 0.